The van der Waals surface area contributed by atoms with E-state index in [4.69, 9.17) is 0 Å². The largest absolute Gasteiger partial charge is 2.00 e. The third kappa shape index (κ3) is 5.99. The SMILES string of the molecule is O=C(Nc1nc([C]2[CH][CH][CH][CH]2)c(-n2cncn2)s1)c1ccccc1F.[CH]1[CH][CH][CH][CH]1.[Fe+2]. The Morgan fingerprint density at radius 2 is 1.68 bits per heavy atom. The van der Waals surface area contributed by atoms with Crippen LogP contribution in [0.25, 0.3) is 5.00 Å². The van der Waals surface area contributed by atoms with Crippen LogP contribution in [0.3, 0.4) is 0 Å². The third-order valence-electron chi connectivity index (χ3n) is 4.07. The Bertz CT molecular complexity index is 961. The molecular formula is C22H16FFeN5OS+2. The molecule has 1 amide bonds. The molecule has 154 valence electrons. The van der Waals surface area contributed by atoms with Gasteiger partial charge in [-0.15, -0.1) is 0 Å². The molecule has 2 fully saturated rings. The average Bonchev–Trinajstić information content (AvgIpc) is 3.57. The second-order valence-corrected chi connectivity index (χ2v) is 7.06. The molecule has 9 heteroatoms. The molecule has 0 unspecified atom stereocenters. The monoisotopic (exact) mass is 473 g/mol. The number of hydrogen-bond acceptors (Lipinski definition) is 5. The predicted octanol–water partition coefficient (Wildman–Crippen LogP) is 3.89. The molecule has 0 bridgehead atoms. The summed E-state index contributed by atoms with van der Waals surface area (Å²) in [6, 6.07) is 5.81. The van der Waals surface area contributed by atoms with Gasteiger partial charge in [-0.1, -0.05) is 23.5 Å². The van der Waals surface area contributed by atoms with Gasteiger partial charge in [0, 0.05) is 5.92 Å². The molecular weight excluding hydrogens is 457 g/mol. The van der Waals surface area contributed by atoms with Gasteiger partial charge in [-0.3, -0.25) is 10.1 Å². The molecule has 3 aromatic rings. The van der Waals surface area contributed by atoms with Crippen molar-refractivity contribution in [2.45, 2.75) is 0 Å². The summed E-state index contributed by atoms with van der Waals surface area (Å²) < 4.78 is 15.4. The minimum Gasteiger partial charge on any atom is -0.298 e. The molecule has 1 aromatic carbocycles. The van der Waals surface area contributed by atoms with E-state index in [0.717, 1.165) is 5.92 Å². The van der Waals surface area contributed by atoms with E-state index in [1.54, 1.807) is 17.1 Å². The first kappa shape index (κ1) is 23.6. The number of thiazole rings is 1. The zero-order valence-electron chi connectivity index (χ0n) is 16.0. The van der Waals surface area contributed by atoms with Crippen molar-refractivity contribution >= 4 is 22.4 Å². The van der Waals surface area contributed by atoms with Gasteiger partial charge in [-0.2, -0.15) is 5.10 Å². The summed E-state index contributed by atoms with van der Waals surface area (Å²) >= 11 is 1.24. The number of nitrogens with one attached hydrogen (secondary N) is 1. The van der Waals surface area contributed by atoms with Crippen LogP contribution in [0.1, 0.15) is 16.1 Å². The summed E-state index contributed by atoms with van der Waals surface area (Å²) in [5.74, 6) is -0.233. The Labute approximate surface area is 196 Å². The van der Waals surface area contributed by atoms with Crippen molar-refractivity contribution in [2.24, 2.45) is 0 Å². The fourth-order valence-corrected chi connectivity index (χ4v) is 3.60. The summed E-state index contributed by atoms with van der Waals surface area (Å²) in [4.78, 5) is 20.7. The van der Waals surface area contributed by atoms with Crippen molar-refractivity contribution in [1.82, 2.24) is 19.7 Å². The molecule has 1 N–H and O–H groups in total. The fraction of sp³-hybridized carbons (Fsp3) is 0. The van der Waals surface area contributed by atoms with Crippen LogP contribution in [-0.4, -0.2) is 25.7 Å². The molecule has 5 rings (SSSR count). The number of aromatic nitrogens is 4. The number of carbonyl (C=O) groups is 1. The van der Waals surface area contributed by atoms with Crippen LogP contribution in [-0.2, 0) is 17.1 Å². The quantitative estimate of drug-likeness (QED) is 0.584. The Morgan fingerprint density at radius 3 is 2.29 bits per heavy atom. The zero-order chi connectivity index (χ0) is 20.8. The van der Waals surface area contributed by atoms with Crippen molar-refractivity contribution in [3.8, 4) is 5.00 Å². The van der Waals surface area contributed by atoms with Gasteiger partial charge >= 0.3 is 17.1 Å². The van der Waals surface area contributed by atoms with Gasteiger partial charge in [0.1, 0.15) is 23.5 Å². The van der Waals surface area contributed by atoms with Crippen molar-refractivity contribution in [2.75, 3.05) is 5.32 Å². The Kier molecular flexibility index (Phi) is 8.75. The van der Waals surface area contributed by atoms with E-state index in [9.17, 15) is 9.18 Å². The maximum atomic E-state index is 13.8. The normalized spacial score (nSPS) is 15.8. The van der Waals surface area contributed by atoms with Gasteiger partial charge in [0.15, 0.2) is 5.13 Å². The first-order valence-corrected chi connectivity index (χ1v) is 9.84. The second kappa shape index (κ2) is 11.5. The van der Waals surface area contributed by atoms with E-state index in [0.29, 0.717) is 15.8 Å². The van der Waals surface area contributed by atoms with E-state index >= 15 is 0 Å². The van der Waals surface area contributed by atoms with E-state index < -0.39 is 11.7 Å². The molecule has 2 heterocycles. The van der Waals surface area contributed by atoms with Gasteiger partial charge in [0.25, 0.3) is 5.91 Å². The summed E-state index contributed by atoms with van der Waals surface area (Å²) in [7, 11) is 0. The van der Waals surface area contributed by atoms with E-state index in [-0.39, 0.29) is 22.6 Å². The molecule has 2 aromatic heterocycles. The number of benzene rings is 1. The molecule has 2 aliphatic rings. The number of halogens is 1. The summed E-state index contributed by atoms with van der Waals surface area (Å²) in [5.41, 5.74) is 0.638. The number of amides is 1. The number of carbonyl (C=O) groups excluding carboxylic acids is 1. The van der Waals surface area contributed by atoms with Gasteiger partial charge in [-0.05, 0) is 69.9 Å². The summed E-state index contributed by atoms with van der Waals surface area (Å²) in [6.07, 6.45) is 20.6. The minimum absolute atomic E-state index is 0. The molecule has 10 radical (unpaired) electrons. The topological polar surface area (TPSA) is 72.7 Å². The molecule has 0 saturated heterocycles. The van der Waals surface area contributed by atoms with Crippen LogP contribution in [0, 0.1) is 69.5 Å². The predicted molar refractivity (Wildman–Crippen MR) is 112 cm³/mol. The van der Waals surface area contributed by atoms with Crippen LogP contribution >= 0.6 is 11.3 Å². The Hall–Kier alpha value is -2.09. The Balaban J connectivity index is 0.000000401. The van der Waals surface area contributed by atoms with Gasteiger partial charge in [0.05, 0.1) is 11.3 Å². The number of nitrogens with zero attached hydrogens (tertiary/aromatic N) is 4. The minimum atomic E-state index is -0.579. The first-order chi connectivity index (χ1) is 14.7. The van der Waals surface area contributed by atoms with Crippen LogP contribution in [0.5, 0.6) is 0 Å². The summed E-state index contributed by atoms with van der Waals surface area (Å²) in [5, 5.41) is 7.85. The van der Waals surface area contributed by atoms with Gasteiger partial charge in [-0.25, -0.2) is 19.0 Å². The number of hydrogen-bond donors (Lipinski definition) is 1. The first-order valence-electron chi connectivity index (χ1n) is 9.03. The molecule has 0 atom stereocenters. The molecule has 0 aliphatic heterocycles. The van der Waals surface area contributed by atoms with E-state index in [1.165, 1.54) is 35.9 Å². The third-order valence-corrected chi connectivity index (χ3v) is 5.03. The average molecular weight is 473 g/mol. The maximum Gasteiger partial charge on any atom is 2.00 e. The Morgan fingerprint density at radius 1 is 1.00 bits per heavy atom. The van der Waals surface area contributed by atoms with Gasteiger partial charge < -0.3 is 0 Å². The smallest absolute Gasteiger partial charge is 0.298 e. The molecule has 6 nitrogen and oxygen atoms in total. The van der Waals surface area contributed by atoms with Gasteiger partial charge in [0.2, 0.25) is 0 Å². The van der Waals surface area contributed by atoms with Crippen LogP contribution in [0.15, 0.2) is 36.9 Å². The maximum absolute atomic E-state index is 13.8. The van der Waals surface area contributed by atoms with Crippen LogP contribution < -0.4 is 5.32 Å². The van der Waals surface area contributed by atoms with Crippen molar-refractivity contribution in [3.05, 3.63) is 118 Å². The van der Waals surface area contributed by atoms with Crippen molar-refractivity contribution < 1.29 is 26.3 Å². The van der Waals surface area contributed by atoms with E-state index in [2.05, 4.69) is 20.4 Å². The van der Waals surface area contributed by atoms with Crippen molar-refractivity contribution in [1.29, 1.82) is 0 Å². The molecule has 2 aliphatic carbocycles. The number of anilines is 1. The van der Waals surface area contributed by atoms with Crippen LogP contribution in [0.4, 0.5) is 9.52 Å². The number of rotatable bonds is 4. The van der Waals surface area contributed by atoms with E-state index in [1.807, 2.05) is 57.8 Å². The molecule has 31 heavy (non-hydrogen) atoms. The fourth-order valence-electron chi connectivity index (χ4n) is 2.68. The molecule has 0 spiro atoms. The molecule has 2 saturated carbocycles. The van der Waals surface area contributed by atoms with Crippen molar-refractivity contribution in [3.63, 3.8) is 0 Å². The zero-order valence-corrected chi connectivity index (χ0v) is 17.9. The second-order valence-electron chi connectivity index (χ2n) is 6.08. The standard InChI is InChI=1S/C17H11FN5OS.C5H5.Fe/c18-13-8-4-3-7-12(13)15(24)22-17-21-14(11-5-1-2-6-11)16(25-17)23-10-19-9-20-23;1-2-4-5-3-1;/h1-10H,(H,21,22,24);1-5H;/q;;+2. The summed E-state index contributed by atoms with van der Waals surface area (Å²) in [6.45, 7) is 0. The van der Waals surface area contributed by atoms with Crippen LogP contribution in [0.2, 0.25) is 0 Å².